The number of nitrogens with one attached hydrogen (secondary N) is 1. The number of hydrogen-bond donors (Lipinski definition) is 1. The van der Waals surface area contributed by atoms with Crippen molar-refractivity contribution in [2.75, 3.05) is 23.9 Å². The minimum atomic E-state index is -3.10. The first-order valence-electron chi connectivity index (χ1n) is 4.82. The summed E-state index contributed by atoms with van der Waals surface area (Å²) in [6.07, 6.45) is 1.11. The first-order chi connectivity index (χ1) is 7.72. The van der Waals surface area contributed by atoms with Gasteiger partial charge in [0.25, 0.3) is 0 Å². The molecule has 96 valence electrons. The van der Waals surface area contributed by atoms with Gasteiger partial charge < -0.3 is 5.32 Å². The fourth-order valence-electron chi connectivity index (χ4n) is 1.42. The second-order valence-electron chi connectivity index (χ2n) is 3.72. The molecular formula is C8H14N4O4S. The molecule has 0 saturated heterocycles. The fourth-order valence-corrected chi connectivity index (χ4v) is 1.89. The molecule has 0 spiro atoms. The lowest BCUT2D eigenvalue weighted by Gasteiger charge is -2.04. The van der Waals surface area contributed by atoms with Gasteiger partial charge in [-0.3, -0.25) is 10.1 Å². The molecule has 8 nitrogen and oxygen atoms in total. The average molecular weight is 262 g/mol. The Hall–Kier alpha value is -1.64. The van der Waals surface area contributed by atoms with Gasteiger partial charge in [-0.1, -0.05) is 0 Å². The smallest absolute Gasteiger partial charge is 0.333 e. The van der Waals surface area contributed by atoms with Crippen molar-refractivity contribution in [3.8, 4) is 0 Å². The molecule has 9 heteroatoms. The quantitative estimate of drug-likeness (QED) is 0.595. The number of hydrogen-bond acceptors (Lipinski definition) is 6. The molecule has 0 aliphatic rings. The lowest BCUT2D eigenvalue weighted by molar-refractivity contribution is -0.384. The molecule has 0 aliphatic heterocycles. The van der Waals surface area contributed by atoms with Crippen LogP contribution in [0.25, 0.3) is 0 Å². The van der Waals surface area contributed by atoms with Gasteiger partial charge in [0.05, 0.1) is 10.7 Å². The van der Waals surface area contributed by atoms with Crippen molar-refractivity contribution in [3.63, 3.8) is 0 Å². The topological polar surface area (TPSA) is 107 Å². The van der Waals surface area contributed by atoms with Crippen LogP contribution in [-0.4, -0.2) is 41.7 Å². The van der Waals surface area contributed by atoms with Crippen LogP contribution in [-0.2, 0) is 16.9 Å². The lowest BCUT2D eigenvalue weighted by atomic mass is 10.4. The van der Waals surface area contributed by atoms with Crippen LogP contribution in [0.3, 0.4) is 0 Å². The van der Waals surface area contributed by atoms with Crippen LogP contribution in [0.4, 0.5) is 11.5 Å². The van der Waals surface area contributed by atoms with Crippen LogP contribution in [0.5, 0.6) is 0 Å². The van der Waals surface area contributed by atoms with Crippen molar-refractivity contribution in [2.24, 2.45) is 7.05 Å². The van der Waals surface area contributed by atoms with Crippen LogP contribution in [0.15, 0.2) is 0 Å². The molecule has 0 aromatic carbocycles. The standard InChI is InChI=1S/C8H14N4O4S/c1-6-7(12(13)14)8(11(2)10-6)9-4-5-17(3,15)16/h9H,4-5H2,1-3H3. The number of nitro groups is 1. The van der Waals surface area contributed by atoms with Gasteiger partial charge in [0.15, 0.2) is 0 Å². The highest BCUT2D eigenvalue weighted by Crippen LogP contribution is 2.26. The Morgan fingerprint density at radius 3 is 2.59 bits per heavy atom. The summed E-state index contributed by atoms with van der Waals surface area (Å²) in [5.74, 6) is 0.130. The molecule has 0 fully saturated rings. The molecule has 1 heterocycles. The maximum absolute atomic E-state index is 10.9. The van der Waals surface area contributed by atoms with Gasteiger partial charge >= 0.3 is 5.69 Å². The van der Waals surface area contributed by atoms with Crippen LogP contribution in [0.2, 0.25) is 0 Å². The molecule has 0 saturated carbocycles. The molecule has 0 amide bonds. The molecular weight excluding hydrogens is 248 g/mol. The van der Waals surface area contributed by atoms with E-state index in [4.69, 9.17) is 0 Å². The summed E-state index contributed by atoms with van der Waals surface area (Å²) in [6, 6.07) is 0. The van der Waals surface area contributed by atoms with Crippen molar-refractivity contribution in [1.82, 2.24) is 9.78 Å². The zero-order valence-corrected chi connectivity index (χ0v) is 10.6. The summed E-state index contributed by atoms with van der Waals surface area (Å²) in [7, 11) is -1.54. The second kappa shape index (κ2) is 4.70. The Balaban J connectivity index is 2.87. The summed E-state index contributed by atoms with van der Waals surface area (Å²) < 4.78 is 23.2. The molecule has 0 aliphatic carbocycles. The van der Waals surface area contributed by atoms with E-state index < -0.39 is 14.8 Å². The van der Waals surface area contributed by atoms with Crippen molar-refractivity contribution in [2.45, 2.75) is 6.92 Å². The summed E-state index contributed by atoms with van der Waals surface area (Å²) in [6.45, 7) is 1.64. The first kappa shape index (κ1) is 13.4. The van der Waals surface area contributed by atoms with E-state index in [0.717, 1.165) is 6.26 Å². The zero-order valence-electron chi connectivity index (χ0n) is 9.80. The first-order valence-corrected chi connectivity index (χ1v) is 6.88. The number of anilines is 1. The highest BCUT2D eigenvalue weighted by atomic mass is 32.2. The highest BCUT2D eigenvalue weighted by Gasteiger charge is 2.23. The molecule has 1 rings (SSSR count). The molecule has 1 aromatic heterocycles. The van der Waals surface area contributed by atoms with E-state index in [0.29, 0.717) is 5.69 Å². The number of sulfone groups is 1. The number of nitrogens with zero attached hydrogens (tertiary/aromatic N) is 3. The largest absolute Gasteiger partial charge is 0.364 e. The lowest BCUT2D eigenvalue weighted by Crippen LogP contribution is -2.16. The van der Waals surface area contributed by atoms with Crippen molar-refractivity contribution >= 4 is 21.3 Å². The fraction of sp³-hybridized carbons (Fsp3) is 0.625. The maximum Gasteiger partial charge on any atom is 0.333 e. The van der Waals surface area contributed by atoms with Crippen LogP contribution in [0.1, 0.15) is 5.69 Å². The van der Waals surface area contributed by atoms with Crippen LogP contribution < -0.4 is 5.32 Å². The van der Waals surface area contributed by atoms with Crippen molar-refractivity contribution in [1.29, 1.82) is 0 Å². The van der Waals surface area contributed by atoms with E-state index in [2.05, 4.69) is 10.4 Å². The van der Waals surface area contributed by atoms with Gasteiger partial charge in [-0.2, -0.15) is 5.10 Å². The monoisotopic (exact) mass is 262 g/mol. The van der Waals surface area contributed by atoms with E-state index in [9.17, 15) is 18.5 Å². The van der Waals surface area contributed by atoms with Crippen LogP contribution >= 0.6 is 0 Å². The highest BCUT2D eigenvalue weighted by molar-refractivity contribution is 7.90. The van der Waals surface area contributed by atoms with Gasteiger partial charge in [0, 0.05) is 19.8 Å². The minimum absolute atomic E-state index is 0.0889. The average Bonchev–Trinajstić information content (AvgIpc) is 2.39. The van der Waals surface area contributed by atoms with Gasteiger partial charge in [-0.15, -0.1) is 0 Å². The third-order valence-corrected chi connectivity index (χ3v) is 3.08. The zero-order chi connectivity index (χ0) is 13.2. The van der Waals surface area contributed by atoms with Crippen LogP contribution in [0, 0.1) is 17.0 Å². The van der Waals surface area contributed by atoms with Gasteiger partial charge in [0.2, 0.25) is 5.82 Å². The van der Waals surface area contributed by atoms with Crippen molar-refractivity contribution < 1.29 is 13.3 Å². The Labute approximate surface area is 98.7 Å². The second-order valence-corrected chi connectivity index (χ2v) is 5.98. The number of aryl methyl sites for hydroxylation is 2. The van der Waals surface area contributed by atoms with E-state index in [1.165, 1.54) is 11.6 Å². The minimum Gasteiger partial charge on any atom is -0.364 e. The molecule has 1 N–H and O–H groups in total. The summed E-state index contributed by atoms with van der Waals surface area (Å²) in [5.41, 5.74) is 0.167. The Kier molecular flexibility index (Phi) is 3.71. The normalized spacial score (nSPS) is 11.5. The molecule has 0 unspecified atom stereocenters. The Bertz CT molecular complexity index is 534. The van der Waals surface area contributed by atoms with E-state index in [1.807, 2.05) is 0 Å². The van der Waals surface area contributed by atoms with Gasteiger partial charge in [-0.25, -0.2) is 13.1 Å². The van der Waals surface area contributed by atoms with E-state index in [-0.39, 0.29) is 23.8 Å². The number of rotatable bonds is 5. The summed E-state index contributed by atoms with van der Waals surface area (Å²) in [4.78, 5) is 10.3. The molecule has 17 heavy (non-hydrogen) atoms. The third-order valence-electron chi connectivity index (χ3n) is 2.14. The van der Waals surface area contributed by atoms with Gasteiger partial charge in [-0.05, 0) is 6.92 Å². The van der Waals surface area contributed by atoms with Crippen molar-refractivity contribution in [3.05, 3.63) is 15.8 Å². The predicted molar refractivity (Wildman–Crippen MR) is 62.8 cm³/mol. The molecule has 0 radical (unpaired) electrons. The van der Waals surface area contributed by atoms with E-state index >= 15 is 0 Å². The van der Waals surface area contributed by atoms with Gasteiger partial charge in [0.1, 0.15) is 15.5 Å². The summed E-state index contributed by atoms with van der Waals surface area (Å²) >= 11 is 0. The van der Waals surface area contributed by atoms with E-state index in [1.54, 1.807) is 7.05 Å². The SMILES string of the molecule is Cc1nn(C)c(NCCS(C)(=O)=O)c1[N+](=O)[O-]. The third kappa shape index (κ3) is 3.41. The molecule has 1 aromatic rings. The number of aromatic nitrogens is 2. The Morgan fingerprint density at radius 1 is 1.53 bits per heavy atom. The predicted octanol–water partition coefficient (Wildman–Crippen LogP) is 0.0932. The summed E-state index contributed by atoms with van der Waals surface area (Å²) in [5, 5.41) is 17.4. The Morgan fingerprint density at radius 2 is 2.12 bits per heavy atom. The molecule has 0 bridgehead atoms. The maximum atomic E-state index is 10.9. The molecule has 0 atom stereocenters.